The minimum Gasteiger partial charge on any atom is -0.496 e. The smallest absolute Gasteiger partial charge is 0.322 e. The van der Waals surface area contributed by atoms with Crippen LogP contribution in [0, 0.1) is 6.92 Å². The molecule has 0 aliphatic heterocycles. The zero-order valence-corrected chi connectivity index (χ0v) is 15.1. The van der Waals surface area contributed by atoms with E-state index in [4.69, 9.17) is 9.15 Å². The van der Waals surface area contributed by atoms with Crippen LogP contribution in [-0.4, -0.2) is 33.0 Å². The van der Waals surface area contributed by atoms with E-state index in [9.17, 15) is 4.79 Å². The van der Waals surface area contributed by atoms with Crippen molar-refractivity contribution >= 4 is 22.7 Å². The second-order valence-electron chi connectivity index (χ2n) is 6.06. The first kappa shape index (κ1) is 16.8. The van der Waals surface area contributed by atoms with Gasteiger partial charge < -0.3 is 9.15 Å². The highest BCUT2D eigenvalue weighted by Gasteiger charge is 2.18. The number of methoxy groups -OCH3 is 1. The maximum atomic E-state index is 12.7. The van der Waals surface area contributed by atoms with Crippen LogP contribution in [0.1, 0.15) is 16.1 Å². The summed E-state index contributed by atoms with van der Waals surface area (Å²) in [6.45, 7) is 1.87. The van der Waals surface area contributed by atoms with E-state index in [0.29, 0.717) is 17.0 Å². The second-order valence-corrected chi connectivity index (χ2v) is 6.06. The Morgan fingerprint density at radius 2 is 1.89 bits per heavy atom. The maximum absolute atomic E-state index is 12.7. The van der Waals surface area contributed by atoms with Crippen LogP contribution in [-0.2, 0) is 7.05 Å². The van der Waals surface area contributed by atoms with E-state index >= 15 is 0 Å². The average molecular weight is 363 g/mol. The molecule has 0 aliphatic carbocycles. The summed E-state index contributed by atoms with van der Waals surface area (Å²) in [5, 5.41) is 16.7. The minimum atomic E-state index is -0.394. The molecule has 0 radical (unpaired) electrons. The highest BCUT2D eigenvalue weighted by Crippen LogP contribution is 2.27. The number of nitrogens with zero attached hydrogens (tertiary/aromatic N) is 4. The lowest BCUT2D eigenvalue weighted by Gasteiger charge is -2.09. The molecule has 0 atom stereocenters. The predicted octanol–water partition coefficient (Wildman–Crippen LogP) is 3.19. The zero-order chi connectivity index (χ0) is 19.0. The van der Waals surface area contributed by atoms with Crippen LogP contribution in [0.3, 0.4) is 0 Å². The lowest BCUT2D eigenvalue weighted by atomic mass is 10.1. The Kier molecular flexibility index (Phi) is 4.08. The van der Waals surface area contributed by atoms with Gasteiger partial charge in [-0.1, -0.05) is 29.4 Å². The van der Waals surface area contributed by atoms with Gasteiger partial charge in [0.15, 0.2) is 0 Å². The molecule has 1 N–H and O–H groups in total. The molecule has 0 fully saturated rings. The SMILES string of the molecule is COc1cc2ccccc2cc1C(=O)Nc1nnc(-c2cc(C)nn2C)o1. The molecule has 0 aliphatic rings. The van der Waals surface area contributed by atoms with E-state index < -0.39 is 5.91 Å². The van der Waals surface area contributed by atoms with Crippen molar-refractivity contribution in [3.8, 4) is 17.3 Å². The first-order valence-corrected chi connectivity index (χ1v) is 8.28. The third-order valence-electron chi connectivity index (χ3n) is 4.18. The van der Waals surface area contributed by atoms with Gasteiger partial charge in [-0.2, -0.15) is 5.10 Å². The molecule has 2 aromatic heterocycles. The van der Waals surface area contributed by atoms with Crippen LogP contribution in [0.25, 0.3) is 22.4 Å². The highest BCUT2D eigenvalue weighted by molar-refractivity contribution is 6.07. The number of nitrogens with one attached hydrogen (secondary N) is 1. The minimum absolute atomic E-state index is 0.00376. The van der Waals surface area contributed by atoms with Crippen molar-refractivity contribution in [2.24, 2.45) is 7.05 Å². The van der Waals surface area contributed by atoms with Crippen molar-refractivity contribution in [2.75, 3.05) is 12.4 Å². The van der Waals surface area contributed by atoms with E-state index in [-0.39, 0.29) is 11.9 Å². The van der Waals surface area contributed by atoms with Gasteiger partial charge in [-0.05, 0) is 35.9 Å². The van der Waals surface area contributed by atoms with Gasteiger partial charge in [-0.25, -0.2) is 0 Å². The summed E-state index contributed by atoms with van der Waals surface area (Å²) in [6, 6.07) is 13.2. The van der Waals surface area contributed by atoms with Gasteiger partial charge in [0.25, 0.3) is 11.8 Å². The fourth-order valence-electron chi connectivity index (χ4n) is 2.92. The summed E-state index contributed by atoms with van der Waals surface area (Å²) < 4.78 is 12.6. The number of carbonyl (C=O) groups is 1. The number of rotatable bonds is 4. The Balaban J connectivity index is 1.63. The van der Waals surface area contributed by atoms with Crippen molar-refractivity contribution < 1.29 is 13.9 Å². The summed E-state index contributed by atoms with van der Waals surface area (Å²) in [6.07, 6.45) is 0. The van der Waals surface area contributed by atoms with E-state index in [1.165, 1.54) is 7.11 Å². The molecule has 4 aromatic rings. The first-order valence-electron chi connectivity index (χ1n) is 8.28. The predicted molar refractivity (Wildman–Crippen MR) is 99.7 cm³/mol. The number of anilines is 1. The van der Waals surface area contributed by atoms with Gasteiger partial charge in [0.1, 0.15) is 11.4 Å². The van der Waals surface area contributed by atoms with Crippen molar-refractivity contribution in [1.82, 2.24) is 20.0 Å². The Morgan fingerprint density at radius 1 is 1.15 bits per heavy atom. The normalized spacial score (nSPS) is 10.9. The first-order chi connectivity index (χ1) is 13.0. The van der Waals surface area contributed by atoms with Crippen LogP contribution >= 0.6 is 0 Å². The molecule has 0 spiro atoms. The van der Waals surface area contributed by atoms with Gasteiger partial charge in [0.05, 0.1) is 18.4 Å². The lowest BCUT2D eigenvalue weighted by molar-refractivity contribution is 0.102. The Bertz CT molecular complexity index is 1150. The largest absolute Gasteiger partial charge is 0.496 e. The van der Waals surface area contributed by atoms with E-state index in [1.807, 2.05) is 43.3 Å². The monoisotopic (exact) mass is 363 g/mol. The van der Waals surface area contributed by atoms with Crippen molar-refractivity contribution in [3.63, 3.8) is 0 Å². The number of hydrogen-bond acceptors (Lipinski definition) is 6. The number of fused-ring (bicyclic) bond motifs is 1. The quantitative estimate of drug-likeness (QED) is 0.598. The molecule has 136 valence electrons. The topological polar surface area (TPSA) is 95.1 Å². The highest BCUT2D eigenvalue weighted by atomic mass is 16.5. The van der Waals surface area contributed by atoms with Crippen molar-refractivity contribution in [2.45, 2.75) is 6.92 Å². The van der Waals surface area contributed by atoms with E-state index in [0.717, 1.165) is 16.5 Å². The number of aryl methyl sites for hydroxylation is 2. The van der Waals surface area contributed by atoms with E-state index in [1.54, 1.807) is 17.8 Å². The zero-order valence-electron chi connectivity index (χ0n) is 15.1. The number of ether oxygens (including phenoxy) is 1. The Labute approximate surface area is 154 Å². The van der Waals surface area contributed by atoms with Crippen molar-refractivity contribution in [1.29, 1.82) is 0 Å². The molecule has 0 saturated carbocycles. The third-order valence-corrected chi connectivity index (χ3v) is 4.18. The molecule has 0 unspecified atom stereocenters. The molecule has 0 saturated heterocycles. The van der Waals surface area contributed by atoms with E-state index in [2.05, 4.69) is 20.6 Å². The molecule has 2 heterocycles. The summed E-state index contributed by atoms with van der Waals surface area (Å²) in [5.41, 5.74) is 1.88. The lowest BCUT2D eigenvalue weighted by Crippen LogP contribution is -2.13. The molecule has 27 heavy (non-hydrogen) atoms. The molecule has 0 bridgehead atoms. The molecule has 4 rings (SSSR count). The fourth-order valence-corrected chi connectivity index (χ4v) is 2.92. The Morgan fingerprint density at radius 3 is 2.56 bits per heavy atom. The fraction of sp³-hybridized carbons (Fsp3) is 0.158. The number of hydrogen-bond donors (Lipinski definition) is 1. The standard InChI is InChI=1S/C19H17N5O3/c1-11-8-15(24(2)23-11)18-21-22-19(27-18)20-17(25)14-9-12-6-4-5-7-13(12)10-16(14)26-3/h4-10H,1-3H3,(H,20,22,25). The van der Waals surface area contributed by atoms with Crippen molar-refractivity contribution in [3.05, 3.63) is 53.7 Å². The molecule has 8 nitrogen and oxygen atoms in total. The Hall–Kier alpha value is -3.68. The number of benzene rings is 2. The number of aromatic nitrogens is 4. The number of carbonyl (C=O) groups excluding carboxylic acids is 1. The second kappa shape index (κ2) is 6.56. The van der Waals surface area contributed by atoms with Gasteiger partial charge in [-0.15, -0.1) is 5.10 Å². The van der Waals surface area contributed by atoms with Crippen LogP contribution in [0.4, 0.5) is 6.01 Å². The summed E-state index contributed by atoms with van der Waals surface area (Å²) in [5.74, 6) is 0.348. The van der Waals surface area contributed by atoms with Crippen LogP contribution in [0.2, 0.25) is 0 Å². The molecular formula is C19H17N5O3. The third kappa shape index (κ3) is 3.12. The van der Waals surface area contributed by atoms with Gasteiger partial charge in [0.2, 0.25) is 0 Å². The van der Waals surface area contributed by atoms with Gasteiger partial charge in [-0.3, -0.25) is 14.8 Å². The molecule has 1 amide bonds. The summed E-state index contributed by atoms with van der Waals surface area (Å²) >= 11 is 0. The molecular weight excluding hydrogens is 346 g/mol. The summed E-state index contributed by atoms with van der Waals surface area (Å²) in [4.78, 5) is 12.7. The van der Waals surface area contributed by atoms with Crippen LogP contribution < -0.4 is 10.1 Å². The number of amides is 1. The van der Waals surface area contributed by atoms with Gasteiger partial charge in [0, 0.05) is 7.05 Å². The molecule has 8 heteroatoms. The summed E-state index contributed by atoms with van der Waals surface area (Å²) in [7, 11) is 3.31. The average Bonchev–Trinajstić information content (AvgIpc) is 3.26. The van der Waals surface area contributed by atoms with Crippen LogP contribution in [0.15, 0.2) is 46.9 Å². The van der Waals surface area contributed by atoms with Crippen LogP contribution in [0.5, 0.6) is 5.75 Å². The van der Waals surface area contributed by atoms with Gasteiger partial charge >= 0.3 is 6.01 Å². The maximum Gasteiger partial charge on any atom is 0.322 e. The molecule has 2 aromatic carbocycles.